The van der Waals surface area contributed by atoms with Crippen molar-refractivity contribution in [3.63, 3.8) is 0 Å². The molecule has 30 heavy (non-hydrogen) atoms. The molecule has 3 heterocycles. The van der Waals surface area contributed by atoms with Crippen molar-refractivity contribution in [3.05, 3.63) is 72.4 Å². The van der Waals surface area contributed by atoms with Crippen LogP contribution in [0.4, 0.5) is 0 Å². The van der Waals surface area contributed by atoms with Gasteiger partial charge in [0.1, 0.15) is 5.76 Å². The summed E-state index contributed by atoms with van der Waals surface area (Å²) in [6.45, 7) is 3.04. The molecule has 1 aromatic carbocycles. The van der Waals surface area contributed by atoms with Gasteiger partial charge in [-0.05, 0) is 49.1 Å². The zero-order valence-corrected chi connectivity index (χ0v) is 17.1. The lowest BCUT2D eigenvalue weighted by molar-refractivity contribution is -0.122. The first-order chi connectivity index (χ1) is 14.8. The first-order valence-electron chi connectivity index (χ1n) is 10.5. The number of aromatic nitrogens is 2. The molecule has 7 heteroatoms. The van der Waals surface area contributed by atoms with Gasteiger partial charge >= 0.3 is 0 Å². The molecule has 1 unspecified atom stereocenters. The van der Waals surface area contributed by atoms with E-state index in [1.807, 2.05) is 59.5 Å². The van der Waals surface area contributed by atoms with E-state index in [0.29, 0.717) is 19.6 Å². The average molecular weight is 409 g/mol. The first kappa shape index (κ1) is 20.4. The lowest BCUT2D eigenvalue weighted by atomic mass is 10.2. The summed E-state index contributed by atoms with van der Waals surface area (Å²) in [6, 6.07) is 13.8. The molecule has 4 rings (SSSR count). The van der Waals surface area contributed by atoms with Crippen LogP contribution in [0.3, 0.4) is 0 Å². The molecule has 1 atom stereocenters. The largest absolute Gasteiger partial charge is 0.468 e. The van der Waals surface area contributed by atoms with Crippen LogP contribution < -0.4 is 5.32 Å². The minimum absolute atomic E-state index is 0.00926. The molecule has 1 amide bonds. The summed E-state index contributed by atoms with van der Waals surface area (Å²) in [5.41, 5.74) is 2.11. The van der Waals surface area contributed by atoms with Gasteiger partial charge in [-0.25, -0.2) is 4.68 Å². The molecule has 1 N–H and O–H groups in total. The molecule has 0 radical (unpaired) electrons. The highest BCUT2D eigenvalue weighted by Gasteiger charge is 2.21. The Morgan fingerprint density at radius 2 is 2.13 bits per heavy atom. The van der Waals surface area contributed by atoms with Crippen LogP contribution in [0, 0.1) is 0 Å². The van der Waals surface area contributed by atoms with Crippen molar-refractivity contribution in [3.8, 4) is 5.69 Å². The molecule has 7 nitrogen and oxygen atoms in total. The van der Waals surface area contributed by atoms with Crippen LogP contribution in [0.25, 0.3) is 5.69 Å². The molecule has 1 aliphatic rings. The van der Waals surface area contributed by atoms with Crippen LogP contribution in [-0.2, 0) is 22.5 Å². The van der Waals surface area contributed by atoms with E-state index >= 15 is 0 Å². The maximum Gasteiger partial charge on any atom is 0.234 e. The Bertz CT molecular complexity index is 902. The topological polar surface area (TPSA) is 72.5 Å². The number of furan rings is 1. The highest BCUT2D eigenvalue weighted by Crippen LogP contribution is 2.15. The van der Waals surface area contributed by atoms with Crippen LogP contribution in [0.15, 0.2) is 65.5 Å². The molecule has 1 saturated heterocycles. The fourth-order valence-corrected chi connectivity index (χ4v) is 3.70. The van der Waals surface area contributed by atoms with Crippen LogP contribution in [-0.4, -0.2) is 52.9 Å². The fraction of sp³-hybridized carbons (Fsp3) is 0.391. The predicted molar refractivity (Wildman–Crippen MR) is 113 cm³/mol. The van der Waals surface area contributed by atoms with Gasteiger partial charge in [0, 0.05) is 25.9 Å². The number of carbonyl (C=O) groups excluding carboxylic acids is 1. The van der Waals surface area contributed by atoms with Crippen molar-refractivity contribution in [1.82, 2.24) is 20.0 Å². The van der Waals surface area contributed by atoms with Crippen molar-refractivity contribution in [2.75, 3.05) is 26.2 Å². The van der Waals surface area contributed by atoms with Gasteiger partial charge in [0.25, 0.3) is 0 Å². The second-order valence-electron chi connectivity index (χ2n) is 7.61. The zero-order valence-electron chi connectivity index (χ0n) is 17.1. The number of nitrogens with zero attached hydrogens (tertiary/aromatic N) is 3. The van der Waals surface area contributed by atoms with E-state index in [1.54, 1.807) is 6.26 Å². The molecular weight excluding hydrogens is 380 g/mol. The van der Waals surface area contributed by atoms with Gasteiger partial charge < -0.3 is 14.5 Å². The van der Waals surface area contributed by atoms with E-state index in [9.17, 15) is 4.79 Å². The van der Waals surface area contributed by atoms with E-state index < -0.39 is 0 Å². The predicted octanol–water partition coefficient (Wildman–Crippen LogP) is 2.81. The maximum absolute atomic E-state index is 12.5. The molecule has 0 saturated carbocycles. The quantitative estimate of drug-likeness (QED) is 0.559. The SMILES string of the molecule is O=C(CN(Cc1ccco1)CC1CCCO1)NCCc1cnn(-c2ccccc2)c1. The Hall–Kier alpha value is -2.90. The second-order valence-corrected chi connectivity index (χ2v) is 7.61. The van der Waals surface area contributed by atoms with Crippen molar-refractivity contribution >= 4 is 5.91 Å². The maximum atomic E-state index is 12.5. The number of hydrogen-bond donors (Lipinski definition) is 1. The Labute approximate surface area is 176 Å². The Balaban J connectivity index is 1.25. The van der Waals surface area contributed by atoms with Crippen molar-refractivity contribution < 1.29 is 13.9 Å². The van der Waals surface area contributed by atoms with Gasteiger partial charge in [-0.1, -0.05) is 18.2 Å². The van der Waals surface area contributed by atoms with Crippen LogP contribution in [0.1, 0.15) is 24.2 Å². The van der Waals surface area contributed by atoms with Crippen molar-refractivity contribution in [1.29, 1.82) is 0 Å². The highest BCUT2D eigenvalue weighted by atomic mass is 16.5. The number of nitrogens with one attached hydrogen (secondary N) is 1. The van der Waals surface area contributed by atoms with E-state index in [0.717, 1.165) is 49.4 Å². The van der Waals surface area contributed by atoms with Gasteiger partial charge in [0.2, 0.25) is 5.91 Å². The molecule has 2 aromatic heterocycles. The lowest BCUT2D eigenvalue weighted by Gasteiger charge is -2.23. The summed E-state index contributed by atoms with van der Waals surface area (Å²) in [4.78, 5) is 14.6. The summed E-state index contributed by atoms with van der Waals surface area (Å²) in [7, 11) is 0. The van der Waals surface area contributed by atoms with E-state index in [2.05, 4.69) is 15.3 Å². The van der Waals surface area contributed by atoms with Gasteiger partial charge in [-0.15, -0.1) is 0 Å². The number of amides is 1. The van der Waals surface area contributed by atoms with E-state index in [-0.39, 0.29) is 12.0 Å². The Morgan fingerprint density at radius 3 is 2.90 bits per heavy atom. The molecular formula is C23H28N4O3. The van der Waals surface area contributed by atoms with Crippen molar-refractivity contribution in [2.45, 2.75) is 31.9 Å². The molecule has 1 fully saturated rings. The average Bonchev–Trinajstić information content (AvgIpc) is 3.52. The zero-order chi connectivity index (χ0) is 20.6. The van der Waals surface area contributed by atoms with E-state index in [1.165, 1.54) is 0 Å². The molecule has 0 bridgehead atoms. The van der Waals surface area contributed by atoms with Gasteiger partial charge in [-0.3, -0.25) is 9.69 Å². The van der Waals surface area contributed by atoms with Crippen LogP contribution in [0.2, 0.25) is 0 Å². The smallest absolute Gasteiger partial charge is 0.234 e. The third-order valence-electron chi connectivity index (χ3n) is 5.21. The first-order valence-corrected chi connectivity index (χ1v) is 10.5. The number of benzene rings is 1. The highest BCUT2D eigenvalue weighted by molar-refractivity contribution is 5.78. The minimum Gasteiger partial charge on any atom is -0.468 e. The third-order valence-corrected chi connectivity index (χ3v) is 5.21. The van der Waals surface area contributed by atoms with Gasteiger partial charge in [0.15, 0.2) is 0 Å². The normalized spacial score (nSPS) is 16.2. The van der Waals surface area contributed by atoms with Crippen molar-refractivity contribution in [2.24, 2.45) is 0 Å². The summed E-state index contributed by atoms with van der Waals surface area (Å²) < 4.78 is 13.1. The van der Waals surface area contributed by atoms with E-state index in [4.69, 9.17) is 9.15 Å². The lowest BCUT2D eigenvalue weighted by Crippen LogP contribution is -2.40. The number of para-hydroxylation sites is 1. The molecule has 1 aliphatic heterocycles. The summed E-state index contributed by atoms with van der Waals surface area (Å²) in [6.07, 6.45) is 8.57. The second kappa shape index (κ2) is 10.2. The summed E-state index contributed by atoms with van der Waals surface area (Å²) >= 11 is 0. The number of hydrogen-bond acceptors (Lipinski definition) is 5. The summed E-state index contributed by atoms with van der Waals surface area (Å²) in [5.74, 6) is 0.865. The molecule has 3 aromatic rings. The molecule has 0 aliphatic carbocycles. The Kier molecular flexibility index (Phi) is 6.95. The fourth-order valence-electron chi connectivity index (χ4n) is 3.70. The summed E-state index contributed by atoms with van der Waals surface area (Å²) in [5, 5.41) is 7.43. The number of carbonyl (C=O) groups is 1. The van der Waals surface area contributed by atoms with Gasteiger partial charge in [-0.2, -0.15) is 5.10 Å². The van der Waals surface area contributed by atoms with Gasteiger partial charge in [0.05, 0.1) is 37.3 Å². The molecule has 0 spiro atoms. The standard InChI is InChI=1S/C23H28N4O3/c28-23(18-26(16-21-8-4-12-29-21)17-22-9-5-13-30-22)24-11-10-19-14-25-27(15-19)20-6-2-1-3-7-20/h1-4,6-8,12,14-15,22H,5,9-11,13,16-18H2,(H,24,28). The molecule has 158 valence electrons. The number of ether oxygens (including phenoxy) is 1. The minimum atomic E-state index is 0.00926. The Morgan fingerprint density at radius 1 is 1.23 bits per heavy atom. The third kappa shape index (κ3) is 5.81. The monoisotopic (exact) mass is 408 g/mol. The number of rotatable bonds is 10. The van der Waals surface area contributed by atoms with Crippen LogP contribution in [0.5, 0.6) is 0 Å². The van der Waals surface area contributed by atoms with Crippen LogP contribution >= 0.6 is 0 Å².